The van der Waals surface area contributed by atoms with Crippen molar-refractivity contribution in [3.63, 3.8) is 0 Å². The van der Waals surface area contributed by atoms with Crippen LogP contribution < -0.4 is 37.2 Å². The normalized spacial score (nSPS) is 14.8. The lowest BCUT2D eigenvalue weighted by atomic mass is 9.84. The lowest BCUT2D eigenvalue weighted by Gasteiger charge is -2.32. The minimum absolute atomic E-state index is 0.0888. The molecule has 1 aliphatic carbocycles. The van der Waals surface area contributed by atoms with Crippen molar-refractivity contribution in [2.24, 2.45) is 5.92 Å². The molecule has 1 fully saturated rings. The Morgan fingerprint density at radius 2 is 0.987 bits per heavy atom. The van der Waals surface area contributed by atoms with E-state index in [0.29, 0.717) is 29.5 Å². The van der Waals surface area contributed by atoms with Crippen LogP contribution in [0.4, 0.5) is 8.78 Å². The summed E-state index contributed by atoms with van der Waals surface area (Å²) in [4.78, 5) is 145. The van der Waals surface area contributed by atoms with Crippen LogP contribution in [0.1, 0.15) is 107 Å². The van der Waals surface area contributed by atoms with E-state index in [1.54, 1.807) is 91.0 Å². The average molecular weight is 1050 g/mol. The van der Waals surface area contributed by atoms with E-state index in [9.17, 15) is 76.8 Å². The first-order valence-corrected chi connectivity index (χ1v) is 24.4. The number of carbonyl (C=O) groups is 11. The Hall–Kier alpha value is -8.11. The van der Waals surface area contributed by atoms with Gasteiger partial charge in [-0.05, 0) is 41.9 Å². The second-order valence-corrected chi connectivity index (χ2v) is 18.1. The standard InChI is InChI=1S/C52H63F2N7O14/c1-30(62)56-39(28-43(67)68)50(73)57-36(23-25-42(65)66)48(71)61-45(44(33-18-10-4-11-19-33)34-20-12-5-13-21-34)51(74)58-35(22-24-41(63)64)47(70)60-38(26-31-14-6-2-7-15-31)49(72)59-37(27-40(53)54)46(69)52(75)55-29-32-16-8-3-9-17-32/h3-5,8-13,16-21,31,35-40,44-45H,2,6-7,14-15,22-29H2,1H3,(H,55,75)(H,56,62)(H,57,73)(H,58,74)(H,59,72)(H,60,70)(H,61,71)(H,63,64)(H,65,66)(H,67,68)/t35-,36-,37?,38-,39-,45-/m0/s1. The van der Waals surface area contributed by atoms with Crippen LogP contribution in [-0.4, -0.2) is 123 Å². The van der Waals surface area contributed by atoms with Crippen molar-refractivity contribution in [3.8, 4) is 0 Å². The van der Waals surface area contributed by atoms with Crippen molar-refractivity contribution in [1.82, 2.24) is 37.2 Å². The number of aliphatic carboxylic acids is 3. The van der Waals surface area contributed by atoms with Gasteiger partial charge in [0.15, 0.2) is 0 Å². The zero-order valence-electron chi connectivity index (χ0n) is 41.1. The maximum absolute atomic E-state index is 15.0. The number of nitrogens with one attached hydrogen (secondary N) is 7. The lowest BCUT2D eigenvalue weighted by molar-refractivity contribution is -0.141. The summed E-state index contributed by atoms with van der Waals surface area (Å²) in [7, 11) is 0. The molecule has 23 heteroatoms. The molecule has 1 unspecified atom stereocenters. The Labute approximate surface area is 430 Å². The highest BCUT2D eigenvalue weighted by Crippen LogP contribution is 2.30. The zero-order valence-corrected chi connectivity index (χ0v) is 41.1. The van der Waals surface area contributed by atoms with Gasteiger partial charge in [0, 0.05) is 38.6 Å². The molecule has 6 atom stereocenters. The minimum Gasteiger partial charge on any atom is -0.481 e. The van der Waals surface area contributed by atoms with Crippen LogP contribution in [0, 0.1) is 5.92 Å². The number of ketones is 1. The van der Waals surface area contributed by atoms with E-state index in [0.717, 1.165) is 26.2 Å². The van der Waals surface area contributed by atoms with Gasteiger partial charge in [-0.2, -0.15) is 0 Å². The molecule has 4 rings (SSSR count). The Kier molecular flexibility index (Phi) is 23.9. The van der Waals surface area contributed by atoms with Crippen LogP contribution in [0.25, 0.3) is 0 Å². The number of amides is 7. The number of alkyl halides is 2. The molecule has 7 amide bonds. The molecule has 0 aromatic heterocycles. The monoisotopic (exact) mass is 1050 g/mol. The van der Waals surface area contributed by atoms with Crippen LogP contribution in [0.5, 0.6) is 0 Å². The van der Waals surface area contributed by atoms with Gasteiger partial charge in [-0.3, -0.25) is 52.7 Å². The van der Waals surface area contributed by atoms with Crippen molar-refractivity contribution >= 4 is 65.0 Å². The maximum Gasteiger partial charge on any atom is 0.305 e. The molecular formula is C52H63F2N7O14. The van der Waals surface area contributed by atoms with Gasteiger partial charge < -0.3 is 52.5 Å². The van der Waals surface area contributed by atoms with Gasteiger partial charge in [-0.1, -0.05) is 123 Å². The number of carboxylic acid groups (broad SMARTS) is 3. The summed E-state index contributed by atoms with van der Waals surface area (Å²) in [5, 5.41) is 45.4. The third-order valence-corrected chi connectivity index (χ3v) is 12.4. The number of halogens is 2. The van der Waals surface area contributed by atoms with E-state index in [4.69, 9.17) is 0 Å². The van der Waals surface area contributed by atoms with Crippen LogP contribution in [0.15, 0.2) is 91.0 Å². The number of hydrogen-bond donors (Lipinski definition) is 10. The molecule has 10 N–H and O–H groups in total. The Bertz CT molecular complexity index is 2410. The average Bonchev–Trinajstić information content (AvgIpc) is 3.37. The molecule has 75 heavy (non-hydrogen) atoms. The van der Waals surface area contributed by atoms with Crippen LogP contribution in [0.2, 0.25) is 0 Å². The maximum atomic E-state index is 15.0. The summed E-state index contributed by atoms with van der Waals surface area (Å²) in [6, 6.07) is 13.9. The van der Waals surface area contributed by atoms with Crippen molar-refractivity contribution in [2.45, 2.75) is 139 Å². The van der Waals surface area contributed by atoms with E-state index in [2.05, 4.69) is 37.2 Å². The lowest BCUT2D eigenvalue weighted by Crippen LogP contribution is -2.61. The molecule has 3 aromatic carbocycles. The van der Waals surface area contributed by atoms with Gasteiger partial charge in [-0.15, -0.1) is 0 Å². The molecule has 3 aromatic rings. The molecule has 0 aliphatic heterocycles. The van der Waals surface area contributed by atoms with Gasteiger partial charge in [0.1, 0.15) is 36.3 Å². The fourth-order valence-electron chi connectivity index (χ4n) is 8.65. The van der Waals surface area contributed by atoms with Gasteiger partial charge >= 0.3 is 17.9 Å². The first kappa shape index (κ1) is 59.5. The predicted molar refractivity (Wildman–Crippen MR) is 263 cm³/mol. The third-order valence-electron chi connectivity index (χ3n) is 12.4. The quantitative estimate of drug-likeness (QED) is 0.0429. The molecule has 0 spiro atoms. The highest BCUT2D eigenvalue weighted by molar-refractivity contribution is 6.38. The summed E-state index contributed by atoms with van der Waals surface area (Å²) in [5.41, 5.74) is 1.40. The molecule has 1 aliphatic rings. The topological polar surface area (TPSA) is 333 Å². The smallest absolute Gasteiger partial charge is 0.305 e. The molecule has 1 saturated carbocycles. The second kappa shape index (κ2) is 30.2. The van der Waals surface area contributed by atoms with Crippen molar-refractivity contribution in [1.29, 1.82) is 0 Å². The van der Waals surface area contributed by atoms with Gasteiger partial charge in [0.2, 0.25) is 47.7 Å². The Balaban J connectivity index is 1.73. The summed E-state index contributed by atoms with van der Waals surface area (Å²) in [5.74, 6) is -14.9. The molecule has 0 saturated heterocycles. The van der Waals surface area contributed by atoms with Crippen LogP contribution in [-0.2, 0) is 59.3 Å². The molecule has 0 heterocycles. The van der Waals surface area contributed by atoms with Crippen LogP contribution in [0.3, 0.4) is 0 Å². The highest BCUT2D eigenvalue weighted by Gasteiger charge is 2.39. The number of hydrogen-bond acceptors (Lipinski definition) is 11. The van der Waals surface area contributed by atoms with E-state index in [1.165, 1.54) is 0 Å². The van der Waals surface area contributed by atoms with Crippen molar-refractivity contribution in [3.05, 3.63) is 108 Å². The largest absolute Gasteiger partial charge is 0.481 e. The predicted octanol–water partition coefficient (Wildman–Crippen LogP) is 2.46. The summed E-state index contributed by atoms with van der Waals surface area (Å²) in [6.07, 6.45) is -4.56. The zero-order chi connectivity index (χ0) is 55.0. The molecular weight excluding hydrogens is 985 g/mol. The molecule has 21 nitrogen and oxygen atoms in total. The molecule has 0 bridgehead atoms. The van der Waals surface area contributed by atoms with E-state index < -0.39 is 152 Å². The van der Waals surface area contributed by atoms with Crippen molar-refractivity contribution < 1.29 is 76.8 Å². The summed E-state index contributed by atoms with van der Waals surface area (Å²) in [6.45, 7) is 0.873. The SMILES string of the molecule is CC(=O)N[C@@H](CC(=O)O)C(=O)N[C@@H](CCC(=O)O)C(=O)N[C@H](C(=O)N[C@@H](CCC(=O)O)C(=O)N[C@@H](CC1CCCCC1)C(=O)NC(CC(F)F)C(=O)C(=O)NCc1ccccc1)C(c1ccccc1)c1ccccc1. The first-order chi connectivity index (χ1) is 35.7. The van der Waals surface area contributed by atoms with Gasteiger partial charge in [-0.25, -0.2) is 8.78 Å². The van der Waals surface area contributed by atoms with Crippen molar-refractivity contribution in [2.75, 3.05) is 0 Å². The number of Topliss-reactive ketones (excluding diaryl/α,β-unsaturated/α-hetero) is 1. The second-order valence-electron chi connectivity index (χ2n) is 18.1. The summed E-state index contributed by atoms with van der Waals surface area (Å²) < 4.78 is 28.0. The fourth-order valence-corrected chi connectivity index (χ4v) is 8.65. The van der Waals surface area contributed by atoms with Gasteiger partial charge in [0.25, 0.3) is 5.91 Å². The number of rotatable bonds is 30. The van der Waals surface area contributed by atoms with E-state index in [1.807, 2.05) is 0 Å². The molecule has 404 valence electrons. The van der Waals surface area contributed by atoms with Gasteiger partial charge in [0.05, 0.1) is 6.42 Å². The first-order valence-electron chi connectivity index (χ1n) is 24.4. The third kappa shape index (κ3) is 20.4. The Morgan fingerprint density at radius 3 is 1.48 bits per heavy atom. The number of benzene rings is 3. The van der Waals surface area contributed by atoms with E-state index in [-0.39, 0.29) is 18.9 Å². The number of carboxylic acids is 3. The number of carbonyl (C=O) groups excluding carboxylic acids is 8. The van der Waals surface area contributed by atoms with Crippen LogP contribution >= 0.6 is 0 Å². The highest BCUT2D eigenvalue weighted by atomic mass is 19.3. The summed E-state index contributed by atoms with van der Waals surface area (Å²) >= 11 is 0. The fraction of sp³-hybridized carbons (Fsp3) is 0.442. The Morgan fingerprint density at radius 1 is 0.533 bits per heavy atom. The van der Waals surface area contributed by atoms with E-state index >= 15 is 0 Å². The molecule has 0 radical (unpaired) electrons. The minimum atomic E-state index is -3.17.